The van der Waals surface area contributed by atoms with Crippen LogP contribution in [0.25, 0.3) is 11.0 Å². The van der Waals surface area contributed by atoms with E-state index in [1.165, 1.54) is 5.56 Å². The standard InChI is InChI=1S/C22H26N4O2/c1-15(23-18-7-8-19-20(14-18)25-22(28)24-19)21(27)26-11-9-17(10-12-26)13-16-5-3-2-4-6-16/h2-8,14-15,17,23H,9-13H2,1H3,(H2,24,25,28)/t15-/m0/s1. The van der Waals surface area contributed by atoms with E-state index in [0.717, 1.165) is 49.1 Å². The summed E-state index contributed by atoms with van der Waals surface area (Å²) in [5.74, 6) is 0.767. The fourth-order valence-electron chi connectivity index (χ4n) is 4.01. The molecule has 3 aromatic rings. The van der Waals surface area contributed by atoms with Crippen LogP contribution in [0, 0.1) is 5.92 Å². The van der Waals surface area contributed by atoms with E-state index in [4.69, 9.17) is 0 Å². The Kier molecular flexibility index (Phi) is 5.19. The number of carbonyl (C=O) groups is 1. The normalized spacial score (nSPS) is 16.2. The van der Waals surface area contributed by atoms with Gasteiger partial charge in [-0.05, 0) is 55.9 Å². The molecule has 1 amide bonds. The van der Waals surface area contributed by atoms with Gasteiger partial charge in [0.25, 0.3) is 0 Å². The van der Waals surface area contributed by atoms with Gasteiger partial charge in [0.15, 0.2) is 0 Å². The van der Waals surface area contributed by atoms with Crippen molar-refractivity contribution >= 4 is 22.6 Å². The number of H-pyrrole nitrogens is 2. The number of benzene rings is 2. The molecule has 1 saturated heterocycles. The van der Waals surface area contributed by atoms with Gasteiger partial charge in [0.2, 0.25) is 5.91 Å². The van der Waals surface area contributed by atoms with E-state index in [-0.39, 0.29) is 17.6 Å². The Bertz CT molecular complexity index is 1000. The van der Waals surface area contributed by atoms with Gasteiger partial charge < -0.3 is 20.2 Å². The molecule has 2 heterocycles. The number of piperidine rings is 1. The molecule has 1 aromatic heterocycles. The summed E-state index contributed by atoms with van der Waals surface area (Å²) in [4.78, 5) is 31.7. The Morgan fingerprint density at radius 1 is 1.11 bits per heavy atom. The molecule has 0 aliphatic carbocycles. The summed E-state index contributed by atoms with van der Waals surface area (Å²) in [6, 6.07) is 15.8. The van der Waals surface area contributed by atoms with Gasteiger partial charge >= 0.3 is 5.69 Å². The lowest BCUT2D eigenvalue weighted by Gasteiger charge is -2.34. The minimum absolute atomic E-state index is 0.126. The number of hydrogen-bond donors (Lipinski definition) is 3. The van der Waals surface area contributed by atoms with Crippen LogP contribution in [0.4, 0.5) is 5.69 Å². The lowest BCUT2D eigenvalue weighted by atomic mass is 9.90. The van der Waals surface area contributed by atoms with Crippen molar-refractivity contribution < 1.29 is 4.79 Å². The fraction of sp³-hybridized carbons (Fsp3) is 0.364. The molecular formula is C22H26N4O2. The number of likely N-dealkylation sites (tertiary alicyclic amines) is 1. The topological polar surface area (TPSA) is 81.0 Å². The largest absolute Gasteiger partial charge is 0.374 e. The van der Waals surface area contributed by atoms with Gasteiger partial charge in [0, 0.05) is 18.8 Å². The van der Waals surface area contributed by atoms with E-state index in [9.17, 15) is 9.59 Å². The molecule has 1 aliphatic rings. The molecule has 0 saturated carbocycles. The Morgan fingerprint density at radius 2 is 1.82 bits per heavy atom. The van der Waals surface area contributed by atoms with Crippen molar-refractivity contribution in [2.24, 2.45) is 5.92 Å². The van der Waals surface area contributed by atoms with Gasteiger partial charge in [-0.3, -0.25) is 4.79 Å². The van der Waals surface area contributed by atoms with Gasteiger partial charge in [-0.25, -0.2) is 4.79 Å². The number of aromatic amines is 2. The van der Waals surface area contributed by atoms with E-state index in [1.807, 2.05) is 36.1 Å². The average Bonchev–Trinajstić information content (AvgIpc) is 3.08. The Balaban J connectivity index is 1.32. The summed E-state index contributed by atoms with van der Waals surface area (Å²) in [5, 5.41) is 3.26. The van der Waals surface area contributed by atoms with E-state index in [0.29, 0.717) is 5.92 Å². The molecule has 0 bridgehead atoms. The van der Waals surface area contributed by atoms with Crippen molar-refractivity contribution in [2.75, 3.05) is 18.4 Å². The highest BCUT2D eigenvalue weighted by molar-refractivity contribution is 5.86. The van der Waals surface area contributed by atoms with Crippen LogP contribution in [-0.4, -0.2) is 39.9 Å². The lowest BCUT2D eigenvalue weighted by molar-refractivity contribution is -0.133. The van der Waals surface area contributed by atoms with Gasteiger partial charge in [0.05, 0.1) is 11.0 Å². The van der Waals surface area contributed by atoms with Crippen molar-refractivity contribution in [1.82, 2.24) is 14.9 Å². The van der Waals surface area contributed by atoms with Crippen LogP contribution in [0.1, 0.15) is 25.3 Å². The summed E-state index contributed by atoms with van der Waals surface area (Å²) < 4.78 is 0. The number of imidazole rings is 1. The zero-order chi connectivity index (χ0) is 19.5. The summed E-state index contributed by atoms with van der Waals surface area (Å²) in [6.07, 6.45) is 3.18. The molecule has 4 rings (SSSR count). The third kappa shape index (κ3) is 4.11. The number of amides is 1. The molecule has 6 nitrogen and oxygen atoms in total. The quantitative estimate of drug-likeness (QED) is 0.638. The highest BCUT2D eigenvalue weighted by Gasteiger charge is 2.26. The third-order valence-corrected chi connectivity index (χ3v) is 5.56. The maximum absolute atomic E-state index is 12.8. The lowest BCUT2D eigenvalue weighted by Crippen LogP contribution is -2.45. The first-order valence-corrected chi connectivity index (χ1v) is 9.90. The first-order valence-electron chi connectivity index (χ1n) is 9.90. The number of nitrogens with zero attached hydrogens (tertiary/aromatic N) is 1. The van der Waals surface area contributed by atoms with Crippen LogP contribution in [0.3, 0.4) is 0 Å². The number of rotatable bonds is 5. The van der Waals surface area contributed by atoms with Crippen LogP contribution in [0.2, 0.25) is 0 Å². The van der Waals surface area contributed by atoms with E-state index in [1.54, 1.807) is 0 Å². The minimum Gasteiger partial charge on any atom is -0.374 e. The van der Waals surface area contributed by atoms with E-state index < -0.39 is 0 Å². The van der Waals surface area contributed by atoms with Crippen LogP contribution in [0.5, 0.6) is 0 Å². The molecule has 3 N–H and O–H groups in total. The summed E-state index contributed by atoms with van der Waals surface area (Å²) >= 11 is 0. The fourth-order valence-corrected chi connectivity index (χ4v) is 4.01. The molecule has 1 aliphatic heterocycles. The molecule has 2 aromatic carbocycles. The molecule has 28 heavy (non-hydrogen) atoms. The van der Waals surface area contributed by atoms with E-state index >= 15 is 0 Å². The van der Waals surface area contributed by atoms with E-state index in [2.05, 4.69) is 39.6 Å². The van der Waals surface area contributed by atoms with Gasteiger partial charge in [-0.2, -0.15) is 0 Å². The SMILES string of the molecule is C[C@H](Nc1ccc2[nH]c(=O)[nH]c2c1)C(=O)N1CCC(Cc2ccccc2)CC1. The average molecular weight is 378 g/mol. The second kappa shape index (κ2) is 7.92. The monoisotopic (exact) mass is 378 g/mol. The number of aromatic nitrogens is 2. The summed E-state index contributed by atoms with van der Waals surface area (Å²) in [7, 11) is 0. The molecular weight excluding hydrogens is 352 g/mol. The number of anilines is 1. The maximum atomic E-state index is 12.8. The second-order valence-corrected chi connectivity index (χ2v) is 7.66. The predicted molar refractivity (Wildman–Crippen MR) is 111 cm³/mol. The smallest absolute Gasteiger partial charge is 0.323 e. The van der Waals surface area contributed by atoms with Crippen molar-refractivity contribution in [1.29, 1.82) is 0 Å². The molecule has 0 spiro atoms. The molecule has 146 valence electrons. The van der Waals surface area contributed by atoms with Crippen LogP contribution in [0.15, 0.2) is 53.3 Å². The third-order valence-electron chi connectivity index (χ3n) is 5.56. The maximum Gasteiger partial charge on any atom is 0.323 e. The summed E-state index contributed by atoms with van der Waals surface area (Å²) in [5.41, 5.74) is 3.46. The molecule has 1 fully saturated rings. The minimum atomic E-state index is -0.311. The van der Waals surface area contributed by atoms with Gasteiger partial charge in [0.1, 0.15) is 6.04 Å². The number of fused-ring (bicyclic) bond motifs is 1. The summed E-state index contributed by atoms with van der Waals surface area (Å²) in [6.45, 7) is 3.52. The molecule has 0 unspecified atom stereocenters. The number of nitrogens with one attached hydrogen (secondary N) is 3. The van der Waals surface area contributed by atoms with Crippen molar-refractivity contribution in [2.45, 2.75) is 32.2 Å². The van der Waals surface area contributed by atoms with Gasteiger partial charge in [-0.15, -0.1) is 0 Å². The van der Waals surface area contributed by atoms with Crippen LogP contribution >= 0.6 is 0 Å². The molecule has 6 heteroatoms. The number of hydrogen-bond acceptors (Lipinski definition) is 3. The van der Waals surface area contributed by atoms with Crippen LogP contribution in [-0.2, 0) is 11.2 Å². The Hall–Kier alpha value is -3.02. The zero-order valence-electron chi connectivity index (χ0n) is 16.1. The predicted octanol–water partition coefficient (Wildman–Crippen LogP) is 3.14. The zero-order valence-corrected chi connectivity index (χ0v) is 16.1. The first-order chi connectivity index (χ1) is 13.6. The Labute approximate surface area is 164 Å². The van der Waals surface area contributed by atoms with Crippen molar-refractivity contribution in [3.05, 3.63) is 64.6 Å². The highest BCUT2D eigenvalue weighted by Crippen LogP contribution is 2.23. The molecule has 0 radical (unpaired) electrons. The highest BCUT2D eigenvalue weighted by atomic mass is 16.2. The first kappa shape index (κ1) is 18.3. The van der Waals surface area contributed by atoms with Crippen molar-refractivity contribution in [3.8, 4) is 0 Å². The Morgan fingerprint density at radius 3 is 2.57 bits per heavy atom. The second-order valence-electron chi connectivity index (χ2n) is 7.66. The van der Waals surface area contributed by atoms with Crippen LogP contribution < -0.4 is 11.0 Å². The van der Waals surface area contributed by atoms with Crippen molar-refractivity contribution in [3.63, 3.8) is 0 Å². The number of carbonyl (C=O) groups excluding carboxylic acids is 1. The van der Waals surface area contributed by atoms with Gasteiger partial charge in [-0.1, -0.05) is 30.3 Å². The molecule has 1 atom stereocenters.